The van der Waals surface area contributed by atoms with Crippen LogP contribution in [0.25, 0.3) is 11.2 Å². The SMILES string of the molecule is Cc1nc2c(Cl)cc(C3=CC(c4cnn(C5CC5)c4)OCC3)cn2c(=O)c1C. The molecule has 0 bridgehead atoms. The Balaban J connectivity index is 1.56. The zero-order valence-corrected chi connectivity index (χ0v) is 16.6. The highest BCUT2D eigenvalue weighted by atomic mass is 35.5. The third kappa shape index (κ3) is 2.97. The summed E-state index contributed by atoms with van der Waals surface area (Å²) in [5.41, 5.74) is 4.85. The first-order chi connectivity index (χ1) is 13.5. The molecule has 2 aliphatic rings. The van der Waals surface area contributed by atoms with Crippen LogP contribution in [0.4, 0.5) is 0 Å². The van der Waals surface area contributed by atoms with Crippen molar-refractivity contribution >= 4 is 22.8 Å². The maximum Gasteiger partial charge on any atom is 0.261 e. The van der Waals surface area contributed by atoms with E-state index >= 15 is 0 Å². The second kappa shape index (κ2) is 6.57. The van der Waals surface area contributed by atoms with Crippen LogP contribution in [-0.2, 0) is 4.74 Å². The summed E-state index contributed by atoms with van der Waals surface area (Å²) in [7, 11) is 0. The maximum atomic E-state index is 12.7. The van der Waals surface area contributed by atoms with Crippen molar-refractivity contribution < 1.29 is 4.74 Å². The van der Waals surface area contributed by atoms with Crippen molar-refractivity contribution in [1.29, 1.82) is 0 Å². The van der Waals surface area contributed by atoms with E-state index in [0.717, 1.165) is 23.1 Å². The van der Waals surface area contributed by atoms with Crippen LogP contribution >= 0.6 is 11.6 Å². The molecule has 28 heavy (non-hydrogen) atoms. The number of hydrogen-bond acceptors (Lipinski definition) is 4. The molecule has 1 aliphatic carbocycles. The molecule has 0 radical (unpaired) electrons. The zero-order chi connectivity index (χ0) is 19.4. The van der Waals surface area contributed by atoms with Crippen molar-refractivity contribution in [3.8, 4) is 0 Å². The van der Waals surface area contributed by atoms with Gasteiger partial charge in [0.05, 0.1) is 23.9 Å². The van der Waals surface area contributed by atoms with E-state index in [1.807, 2.05) is 30.1 Å². The number of hydrogen-bond donors (Lipinski definition) is 0. The molecule has 1 aliphatic heterocycles. The summed E-state index contributed by atoms with van der Waals surface area (Å²) in [6.45, 7) is 4.23. The highest BCUT2D eigenvalue weighted by molar-refractivity contribution is 6.33. The van der Waals surface area contributed by atoms with Crippen LogP contribution in [0.2, 0.25) is 5.02 Å². The average molecular weight is 397 g/mol. The van der Waals surface area contributed by atoms with E-state index in [9.17, 15) is 4.79 Å². The summed E-state index contributed by atoms with van der Waals surface area (Å²) in [5.74, 6) is 0. The first-order valence-electron chi connectivity index (χ1n) is 9.57. The number of halogens is 1. The van der Waals surface area contributed by atoms with Gasteiger partial charge in [-0.05, 0) is 56.4 Å². The van der Waals surface area contributed by atoms with Crippen LogP contribution in [0.5, 0.6) is 0 Å². The van der Waals surface area contributed by atoms with Crippen LogP contribution in [0.3, 0.4) is 0 Å². The third-order valence-corrected chi connectivity index (χ3v) is 5.89. The van der Waals surface area contributed by atoms with E-state index in [1.165, 1.54) is 12.8 Å². The van der Waals surface area contributed by atoms with E-state index in [1.54, 1.807) is 11.3 Å². The molecule has 7 heteroatoms. The number of pyridine rings is 1. The summed E-state index contributed by atoms with van der Waals surface area (Å²) >= 11 is 6.48. The van der Waals surface area contributed by atoms with E-state index in [4.69, 9.17) is 16.3 Å². The predicted molar refractivity (Wildman–Crippen MR) is 108 cm³/mol. The molecular formula is C21H21ClN4O2. The molecule has 3 aromatic heterocycles. The molecule has 1 fully saturated rings. The number of aromatic nitrogens is 4. The van der Waals surface area contributed by atoms with Gasteiger partial charge in [0.15, 0.2) is 5.65 Å². The number of rotatable bonds is 3. The third-order valence-electron chi connectivity index (χ3n) is 5.61. The van der Waals surface area contributed by atoms with Crippen molar-refractivity contribution in [1.82, 2.24) is 19.2 Å². The minimum Gasteiger partial charge on any atom is -0.369 e. The van der Waals surface area contributed by atoms with E-state index < -0.39 is 0 Å². The Morgan fingerprint density at radius 3 is 2.86 bits per heavy atom. The van der Waals surface area contributed by atoms with Gasteiger partial charge in [-0.25, -0.2) is 4.98 Å². The fourth-order valence-corrected chi connectivity index (χ4v) is 3.90. The first kappa shape index (κ1) is 17.6. The predicted octanol–water partition coefficient (Wildman–Crippen LogP) is 4.04. The molecule has 0 aromatic carbocycles. The smallest absolute Gasteiger partial charge is 0.261 e. The van der Waals surface area contributed by atoms with Gasteiger partial charge < -0.3 is 4.74 Å². The van der Waals surface area contributed by atoms with Gasteiger partial charge in [0.2, 0.25) is 0 Å². The van der Waals surface area contributed by atoms with Gasteiger partial charge in [0, 0.05) is 29.2 Å². The van der Waals surface area contributed by atoms with Crippen molar-refractivity contribution in [3.63, 3.8) is 0 Å². The lowest BCUT2D eigenvalue weighted by Crippen LogP contribution is -2.20. The largest absolute Gasteiger partial charge is 0.369 e. The minimum absolute atomic E-state index is 0.0823. The van der Waals surface area contributed by atoms with Crippen LogP contribution < -0.4 is 5.56 Å². The van der Waals surface area contributed by atoms with Crippen LogP contribution in [-0.4, -0.2) is 25.8 Å². The number of fused-ring (bicyclic) bond motifs is 1. The molecule has 1 unspecified atom stereocenters. The lowest BCUT2D eigenvalue weighted by atomic mass is 9.99. The summed E-state index contributed by atoms with van der Waals surface area (Å²) in [4.78, 5) is 17.2. The van der Waals surface area contributed by atoms with Gasteiger partial charge in [0.1, 0.15) is 6.10 Å². The highest BCUT2D eigenvalue weighted by Gasteiger charge is 2.26. The fourth-order valence-electron chi connectivity index (χ4n) is 3.65. The lowest BCUT2D eigenvalue weighted by molar-refractivity contribution is 0.0826. The summed E-state index contributed by atoms with van der Waals surface area (Å²) in [6.07, 6.45) is 10.9. The molecule has 144 valence electrons. The first-order valence-corrected chi connectivity index (χ1v) is 9.95. The normalized spacial score (nSPS) is 19.8. The Labute approximate surface area is 167 Å². The van der Waals surface area contributed by atoms with Crippen molar-refractivity contribution in [2.75, 3.05) is 6.61 Å². The van der Waals surface area contributed by atoms with Gasteiger partial charge in [-0.3, -0.25) is 13.9 Å². The van der Waals surface area contributed by atoms with Crippen molar-refractivity contribution in [2.24, 2.45) is 0 Å². The number of nitrogens with zero attached hydrogens (tertiary/aromatic N) is 4. The van der Waals surface area contributed by atoms with Crippen LogP contribution in [0.1, 0.15) is 53.8 Å². The molecule has 0 N–H and O–H groups in total. The molecule has 4 heterocycles. The Kier molecular flexibility index (Phi) is 4.14. The number of ether oxygens (including phenoxy) is 1. The van der Waals surface area contributed by atoms with E-state index in [0.29, 0.717) is 34.6 Å². The standard InChI is InChI=1S/C21H21ClN4O2/c1-12-13(2)24-20-18(22)7-15(10-25(20)21(12)27)14-5-6-28-19(8-14)16-9-23-26(11-16)17-3-4-17/h7-11,17,19H,3-6H2,1-2H3. The molecule has 3 aromatic rings. The second-order valence-corrected chi connectivity index (χ2v) is 8.02. The molecule has 0 amide bonds. The van der Waals surface area contributed by atoms with Crippen LogP contribution in [0.15, 0.2) is 35.5 Å². The maximum absolute atomic E-state index is 12.7. The Morgan fingerprint density at radius 2 is 2.07 bits per heavy atom. The lowest BCUT2D eigenvalue weighted by Gasteiger charge is -2.22. The quantitative estimate of drug-likeness (QED) is 0.670. The number of aryl methyl sites for hydroxylation is 1. The Morgan fingerprint density at radius 1 is 1.25 bits per heavy atom. The Bertz CT molecular complexity index is 1170. The monoisotopic (exact) mass is 396 g/mol. The Hall–Kier alpha value is -2.44. The van der Waals surface area contributed by atoms with E-state index in [2.05, 4.69) is 22.4 Å². The van der Waals surface area contributed by atoms with Crippen molar-refractivity contribution in [2.45, 2.75) is 45.3 Å². The molecule has 5 rings (SSSR count). The van der Waals surface area contributed by atoms with Crippen molar-refractivity contribution in [3.05, 3.63) is 68.5 Å². The molecule has 1 atom stereocenters. The molecule has 1 saturated carbocycles. The summed E-state index contributed by atoms with van der Waals surface area (Å²) < 4.78 is 9.55. The van der Waals surface area contributed by atoms with Gasteiger partial charge in [0.25, 0.3) is 5.56 Å². The molecule has 6 nitrogen and oxygen atoms in total. The summed E-state index contributed by atoms with van der Waals surface area (Å²) in [6, 6.07) is 2.44. The molecule has 0 spiro atoms. The zero-order valence-electron chi connectivity index (χ0n) is 15.9. The summed E-state index contributed by atoms with van der Waals surface area (Å²) in [5, 5.41) is 4.94. The second-order valence-electron chi connectivity index (χ2n) is 7.62. The van der Waals surface area contributed by atoms with Crippen LogP contribution in [0, 0.1) is 13.8 Å². The molecule has 0 saturated heterocycles. The van der Waals surface area contributed by atoms with E-state index in [-0.39, 0.29) is 11.7 Å². The average Bonchev–Trinajstić information content (AvgIpc) is 3.44. The van der Waals surface area contributed by atoms with Gasteiger partial charge >= 0.3 is 0 Å². The topological polar surface area (TPSA) is 61.4 Å². The van der Waals surface area contributed by atoms with Gasteiger partial charge in [-0.1, -0.05) is 11.6 Å². The minimum atomic E-state index is -0.139. The molecular weight excluding hydrogens is 376 g/mol. The van der Waals surface area contributed by atoms with Gasteiger partial charge in [-0.2, -0.15) is 5.10 Å². The van der Waals surface area contributed by atoms with Gasteiger partial charge in [-0.15, -0.1) is 0 Å². The highest BCUT2D eigenvalue weighted by Crippen LogP contribution is 2.36. The fraction of sp³-hybridized carbons (Fsp3) is 0.381.